The molecule has 3 heterocycles. The number of fused-ring (bicyclic) bond motifs is 3. The van der Waals surface area contributed by atoms with Crippen molar-refractivity contribution in [3.63, 3.8) is 0 Å². The molecule has 5 heteroatoms. The molecule has 5 rings (SSSR count). The summed E-state index contributed by atoms with van der Waals surface area (Å²) in [5.41, 5.74) is 1.45. The molecule has 2 aromatic carbocycles. The quantitative estimate of drug-likeness (QED) is 0.565. The number of likely N-dealkylation sites (tertiary alicyclic amines) is 1. The highest BCUT2D eigenvalue weighted by molar-refractivity contribution is 6.06. The third-order valence-corrected chi connectivity index (χ3v) is 5.69. The summed E-state index contributed by atoms with van der Waals surface area (Å²) in [7, 11) is 0. The molecule has 0 saturated carbocycles. The number of piperidine rings is 1. The van der Waals surface area contributed by atoms with E-state index in [1.807, 2.05) is 24.3 Å². The van der Waals surface area contributed by atoms with Gasteiger partial charge in [-0.2, -0.15) is 0 Å². The zero-order valence-corrected chi connectivity index (χ0v) is 14.6. The minimum atomic E-state index is -0.353. The molecular weight excluding hydrogens is 330 g/mol. The topological polar surface area (TPSA) is 53.1 Å². The van der Waals surface area contributed by atoms with Crippen LogP contribution in [0.3, 0.4) is 0 Å². The number of nitrogens with one attached hydrogen (secondary N) is 1. The highest BCUT2D eigenvalue weighted by atomic mass is 16.7. The minimum Gasteiger partial charge on any atom is -0.423 e. The molecule has 2 aliphatic heterocycles. The number of ether oxygens (including phenoxy) is 2. The van der Waals surface area contributed by atoms with Gasteiger partial charge in [0.05, 0.1) is 39.1 Å². The first-order valence-electron chi connectivity index (χ1n) is 9.28. The van der Waals surface area contributed by atoms with Crippen molar-refractivity contribution in [2.75, 3.05) is 26.3 Å². The van der Waals surface area contributed by atoms with Crippen LogP contribution in [0.2, 0.25) is 0 Å². The third kappa shape index (κ3) is 2.72. The lowest BCUT2D eigenvalue weighted by Gasteiger charge is -2.35. The fraction of sp³-hybridized carbons (Fsp3) is 0.381. The smallest absolute Gasteiger partial charge is 0.336 e. The molecule has 2 fully saturated rings. The van der Waals surface area contributed by atoms with Crippen molar-refractivity contribution < 1.29 is 18.8 Å². The van der Waals surface area contributed by atoms with Crippen LogP contribution in [-0.4, -0.2) is 32.1 Å². The Hall–Kier alpha value is -2.21. The maximum Gasteiger partial charge on any atom is 0.336 e. The Morgan fingerprint density at radius 3 is 2.58 bits per heavy atom. The van der Waals surface area contributed by atoms with E-state index in [0.29, 0.717) is 18.8 Å². The molecule has 0 amide bonds. The summed E-state index contributed by atoms with van der Waals surface area (Å²) >= 11 is 0. The Kier molecular flexibility index (Phi) is 3.81. The highest BCUT2D eigenvalue weighted by Crippen LogP contribution is 2.29. The minimum absolute atomic E-state index is 0.280. The zero-order chi connectivity index (χ0) is 17.6. The van der Waals surface area contributed by atoms with Gasteiger partial charge >= 0.3 is 5.63 Å². The number of hydrogen-bond donors (Lipinski definition) is 1. The summed E-state index contributed by atoms with van der Waals surface area (Å²) in [5, 5.41) is 3.36. The van der Waals surface area contributed by atoms with Gasteiger partial charge in [-0.15, -0.1) is 0 Å². The normalized spacial score (nSPS) is 20.3. The maximum atomic E-state index is 12.1. The SMILES string of the molecule is O=c1cc(C[NH+]2CCC3(CC2)OCCO3)c2c(ccc3ccccc32)o1. The molecule has 5 nitrogen and oxygen atoms in total. The summed E-state index contributed by atoms with van der Waals surface area (Å²) in [4.78, 5) is 13.5. The number of rotatable bonds is 2. The first kappa shape index (κ1) is 16.0. The number of hydrogen-bond acceptors (Lipinski definition) is 4. The zero-order valence-electron chi connectivity index (χ0n) is 14.6. The lowest BCUT2D eigenvalue weighted by Crippen LogP contribution is -3.12. The molecule has 0 atom stereocenters. The van der Waals surface area contributed by atoms with E-state index >= 15 is 0 Å². The molecule has 2 saturated heterocycles. The third-order valence-electron chi connectivity index (χ3n) is 5.69. The van der Waals surface area contributed by atoms with E-state index in [9.17, 15) is 4.79 Å². The molecule has 2 aliphatic rings. The Bertz CT molecular complexity index is 1010. The summed E-state index contributed by atoms with van der Waals surface area (Å²) in [5.74, 6) is -0.353. The van der Waals surface area contributed by atoms with Gasteiger partial charge in [-0.3, -0.25) is 0 Å². The van der Waals surface area contributed by atoms with Gasteiger partial charge in [0, 0.05) is 17.0 Å². The van der Waals surface area contributed by atoms with Crippen molar-refractivity contribution >= 4 is 21.7 Å². The standard InChI is InChI=1S/C21H21NO4/c23-19-13-16(14-22-9-7-21(8-10-22)24-11-12-25-21)20-17-4-2-1-3-15(17)5-6-18(20)26-19/h1-6,13H,7-12,14H2/p+1. The number of benzene rings is 2. The van der Waals surface area contributed by atoms with Crippen LogP contribution in [0.4, 0.5) is 0 Å². The van der Waals surface area contributed by atoms with Gasteiger partial charge in [-0.05, 0) is 16.8 Å². The second-order valence-electron chi connectivity index (χ2n) is 7.28. The molecular formula is C21H22NO4+. The van der Waals surface area contributed by atoms with Crippen molar-refractivity contribution in [3.05, 3.63) is 58.4 Å². The predicted molar refractivity (Wildman–Crippen MR) is 98.3 cm³/mol. The van der Waals surface area contributed by atoms with E-state index in [1.54, 1.807) is 6.07 Å². The van der Waals surface area contributed by atoms with Crippen LogP contribution in [0.25, 0.3) is 21.7 Å². The van der Waals surface area contributed by atoms with Gasteiger partial charge in [0.2, 0.25) is 0 Å². The van der Waals surface area contributed by atoms with Gasteiger partial charge < -0.3 is 18.8 Å². The second kappa shape index (κ2) is 6.20. The predicted octanol–water partition coefficient (Wildman–Crippen LogP) is 1.87. The number of quaternary nitrogens is 1. The summed E-state index contributed by atoms with van der Waals surface area (Å²) < 4.78 is 17.1. The Balaban J connectivity index is 1.50. The van der Waals surface area contributed by atoms with Crippen LogP contribution in [0, 0.1) is 0 Å². The van der Waals surface area contributed by atoms with Crippen molar-refractivity contribution in [2.45, 2.75) is 25.2 Å². The van der Waals surface area contributed by atoms with Crippen LogP contribution < -0.4 is 10.5 Å². The molecule has 134 valence electrons. The van der Waals surface area contributed by atoms with Crippen molar-refractivity contribution in [1.29, 1.82) is 0 Å². The van der Waals surface area contributed by atoms with E-state index in [-0.39, 0.29) is 11.4 Å². The Morgan fingerprint density at radius 1 is 1.00 bits per heavy atom. The van der Waals surface area contributed by atoms with Crippen molar-refractivity contribution in [2.24, 2.45) is 0 Å². The lowest BCUT2D eigenvalue weighted by atomic mass is 9.99. The molecule has 1 N–H and O–H groups in total. The first-order valence-corrected chi connectivity index (χ1v) is 9.28. The van der Waals surface area contributed by atoms with Crippen molar-refractivity contribution in [1.82, 2.24) is 0 Å². The lowest BCUT2D eigenvalue weighted by molar-refractivity contribution is -0.922. The summed E-state index contributed by atoms with van der Waals surface area (Å²) in [6.45, 7) is 4.17. The molecule has 1 aromatic heterocycles. The Morgan fingerprint density at radius 2 is 1.77 bits per heavy atom. The first-order chi connectivity index (χ1) is 12.7. The van der Waals surface area contributed by atoms with E-state index in [2.05, 4.69) is 12.1 Å². The molecule has 0 unspecified atom stereocenters. The molecule has 3 aromatic rings. The van der Waals surface area contributed by atoms with E-state index in [4.69, 9.17) is 13.9 Å². The van der Waals surface area contributed by atoms with Crippen LogP contribution in [0.1, 0.15) is 18.4 Å². The van der Waals surface area contributed by atoms with E-state index in [1.165, 1.54) is 4.90 Å². The maximum absolute atomic E-state index is 12.1. The largest absolute Gasteiger partial charge is 0.423 e. The van der Waals surface area contributed by atoms with Crippen LogP contribution in [0.15, 0.2) is 51.7 Å². The monoisotopic (exact) mass is 352 g/mol. The van der Waals surface area contributed by atoms with Crippen molar-refractivity contribution in [3.8, 4) is 0 Å². The van der Waals surface area contributed by atoms with Crippen LogP contribution >= 0.6 is 0 Å². The van der Waals surface area contributed by atoms with Gasteiger partial charge in [-0.1, -0.05) is 30.3 Å². The van der Waals surface area contributed by atoms with E-state index < -0.39 is 0 Å². The average molecular weight is 352 g/mol. The molecule has 0 radical (unpaired) electrons. The van der Waals surface area contributed by atoms with Gasteiger partial charge in [-0.25, -0.2) is 4.79 Å². The van der Waals surface area contributed by atoms with Gasteiger partial charge in [0.25, 0.3) is 0 Å². The van der Waals surface area contributed by atoms with Gasteiger partial charge in [0.15, 0.2) is 5.79 Å². The fourth-order valence-corrected chi connectivity index (χ4v) is 4.38. The summed E-state index contributed by atoms with van der Waals surface area (Å²) in [6.07, 6.45) is 1.81. The second-order valence-corrected chi connectivity index (χ2v) is 7.28. The fourth-order valence-electron chi connectivity index (χ4n) is 4.38. The van der Waals surface area contributed by atoms with Crippen LogP contribution in [0.5, 0.6) is 0 Å². The summed E-state index contributed by atoms with van der Waals surface area (Å²) in [6, 6.07) is 13.8. The highest BCUT2D eigenvalue weighted by Gasteiger charge is 2.41. The molecule has 0 aliphatic carbocycles. The van der Waals surface area contributed by atoms with Crippen LogP contribution in [-0.2, 0) is 16.0 Å². The molecule has 0 bridgehead atoms. The van der Waals surface area contributed by atoms with E-state index in [0.717, 1.165) is 54.2 Å². The average Bonchev–Trinajstić information content (AvgIpc) is 3.11. The Labute approximate surface area is 151 Å². The van der Waals surface area contributed by atoms with Gasteiger partial charge in [0.1, 0.15) is 12.1 Å². The molecule has 26 heavy (non-hydrogen) atoms. The molecule has 1 spiro atoms.